The van der Waals surface area contributed by atoms with Gasteiger partial charge in [-0.05, 0) is 30.7 Å². The quantitative estimate of drug-likeness (QED) is 0.680. The number of aliphatic hydroxyl groups excluding tert-OH is 2. The van der Waals surface area contributed by atoms with Crippen molar-refractivity contribution in [1.29, 1.82) is 0 Å². The third kappa shape index (κ3) is 4.53. The minimum absolute atomic E-state index is 0.0332. The number of carbonyl (C=O) groups excluding carboxylic acids is 2. The molecule has 0 spiro atoms. The average Bonchev–Trinajstić information content (AvgIpc) is 2.59. The molecule has 1 aromatic rings. The van der Waals surface area contributed by atoms with Crippen LogP contribution >= 0.6 is 0 Å². The molecule has 6 heteroatoms. The van der Waals surface area contributed by atoms with Crippen LogP contribution in [0.15, 0.2) is 30.3 Å². The van der Waals surface area contributed by atoms with Gasteiger partial charge in [-0.15, -0.1) is 0 Å². The van der Waals surface area contributed by atoms with Gasteiger partial charge in [0.25, 0.3) is 5.91 Å². The van der Waals surface area contributed by atoms with Crippen LogP contribution < -0.4 is 5.73 Å². The lowest BCUT2D eigenvalue weighted by atomic mass is 9.90. The molecule has 4 N–H and O–H groups in total. The summed E-state index contributed by atoms with van der Waals surface area (Å²) in [6, 6.07) is 8.72. The Labute approximate surface area is 135 Å². The number of hydrogen-bond donors (Lipinski definition) is 3. The fourth-order valence-corrected chi connectivity index (χ4v) is 2.87. The average molecular weight is 319 g/mol. The Kier molecular flexibility index (Phi) is 6.12. The zero-order chi connectivity index (χ0) is 16.8. The van der Waals surface area contributed by atoms with Gasteiger partial charge in [-0.2, -0.15) is 0 Å². The molecule has 2 rings (SSSR count). The molecule has 1 fully saturated rings. The van der Waals surface area contributed by atoms with E-state index in [0.717, 1.165) is 5.56 Å². The zero-order valence-electron chi connectivity index (χ0n) is 13.0. The van der Waals surface area contributed by atoms with Crippen molar-refractivity contribution < 1.29 is 19.8 Å². The van der Waals surface area contributed by atoms with E-state index >= 15 is 0 Å². The van der Waals surface area contributed by atoms with Crippen molar-refractivity contribution >= 4 is 11.8 Å². The fourth-order valence-electron chi connectivity index (χ4n) is 2.87. The predicted molar refractivity (Wildman–Crippen MR) is 85.0 cm³/mol. The van der Waals surface area contributed by atoms with Gasteiger partial charge in [-0.1, -0.05) is 30.3 Å². The van der Waals surface area contributed by atoms with Crippen molar-refractivity contribution in [1.82, 2.24) is 4.90 Å². The molecule has 1 saturated heterocycles. The van der Waals surface area contributed by atoms with Crippen molar-refractivity contribution in [2.75, 3.05) is 13.2 Å². The maximum absolute atomic E-state index is 12.4. The second kappa shape index (κ2) is 8.08. The fraction of sp³-hybridized carbons (Fsp3) is 0.471. The van der Waals surface area contributed by atoms with E-state index in [-0.39, 0.29) is 12.5 Å². The maximum atomic E-state index is 12.4. The van der Waals surface area contributed by atoms with Gasteiger partial charge in [0, 0.05) is 19.6 Å². The first kappa shape index (κ1) is 17.4. The van der Waals surface area contributed by atoms with E-state index in [4.69, 9.17) is 5.73 Å². The smallest absolute Gasteiger partial charge is 0.252 e. The molecule has 23 heavy (non-hydrogen) atoms. The minimum atomic E-state index is -1.28. The van der Waals surface area contributed by atoms with Crippen LogP contribution in [-0.2, 0) is 16.0 Å². The molecule has 3 atom stereocenters. The molecule has 1 aromatic carbocycles. The largest absolute Gasteiger partial charge is 0.396 e. The SMILES string of the molecule is NC(=O)C1CC(CO)CCN1C(=O)[C@H](O)[CH]Cc1ccccc1. The topological polar surface area (TPSA) is 104 Å². The number of carbonyl (C=O) groups is 2. The molecule has 1 radical (unpaired) electrons. The van der Waals surface area contributed by atoms with Gasteiger partial charge >= 0.3 is 0 Å². The standard InChI is InChI=1S/C17H23N2O4/c18-16(22)14-10-13(11-20)8-9-19(14)17(23)15(21)7-6-12-4-2-1-3-5-12/h1-5,7,13-15,20-21H,6,8-11H2,(H2,18,22)/t13?,14?,15-/m1/s1. The third-order valence-corrected chi connectivity index (χ3v) is 4.25. The van der Waals surface area contributed by atoms with Crippen LogP contribution in [0.1, 0.15) is 18.4 Å². The Morgan fingerprint density at radius 1 is 1.35 bits per heavy atom. The second-order valence-corrected chi connectivity index (χ2v) is 5.89. The number of benzene rings is 1. The van der Waals surface area contributed by atoms with Crippen LogP contribution in [0.2, 0.25) is 0 Å². The van der Waals surface area contributed by atoms with Crippen molar-refractivity contribution in [2.24, 2.45) is 11.7 Å². The van der Waals surface area contributed by atoms with Crippen LogP contribution in [-0.4, -0.2) is 52.2 Å². The van der Waals surface area contributed by atoms with Gasteiger partial charge in [0.05, 0.1) is 0 Å². The molecule has 1 aliphatic rings. The van der Waals surface area contributed by atoms with Gasteiger partial charge < -0.3 is 20.8 Å². The van der Waals surface area contributed by atoms with Crippen LogP contribution in [0.25, 0.3) is 0 Å². The lowest BCUT2D eigenvalue weighted by molar-refractivity contribution is -0.148. The molecule has 1 aliphatic heterocycles. The summed E-state index contributed by atoms with van der Waals surface area (Å²) in [5, 5.41) is 19.3. The number of aliphatic hydroxyl groups is 2. The summed E-state index contributed by atoms with van der Waals surface area (Å²) in [6.45, 7) is 0.280. The molecule has 2 amide bonds. The Morgan fingerprint density at radius 3 is 2.65 bits per heavy atom. The maximum Gasteiger partial charge on any atom is 0.252 e. The third-order valence-electron chi connectivity index (χ3n) is 4.25. The first-order valence-corrected chi connectivity index (χ1v) is 7.79. The zero-order valence-corrected chi connectivity index (χ0v) is 13.0. The molecule has 0 aliphatic carbocycles. The van der Waals surface area contributed by atoms with Crippen molar-refractivity contribution in [3.8, 4) is 0 Å². The Hall–Kier alpha value is -1.92. The van der Waals surface area contributed by atoms with E-state index in [1.807, 2.05) is 30.3 Å². The first-order chi connectivity index (χ1) is 11.0. The molecule has 6 nitrogen and oxygen atoms in total. The summed E-state index contributed by atoms with van der Waals surface area (Å²) in [6.07, 6.45) is 1.64. The Balaban J connectivity index is 1.95. The number of likely N-dealkylation sites (tertiary alicyclic amines) is 1. The first-order valence-electron chi connectivity index (χ1n) is 7.79. The van der Waals surface area contributed by atoms with Crippen LogP contribution in [0.3, 0.4) is 0 Å². The van der Waals surface area contributed by atoms with Crippen molar-refractivity contribution in [3.63, 3.8) is 0 Å². The molecule has 0 aromatic heterocycles. The molecular formula is C17H23N2O4. The van der Waals surface area contributed by atoms with Crippen molar-refractivity contribution in [2.45, 2.75) is 31.4 Å². The van der Waals surface area contributed by atoms with E-state index in [1.165, 1.54) is 11.3 Å². The highest BCUT2D eigenvalue weighted by molar-refractivity contribution is 5.89. The van der Waals surface area contributed by atoms with Crippen LogP contribution in [0.4, 0.5) is 0 Å². The van der Waals surface area contributed by atoms with E-state index in [1.54, 1.807) is 0 Å². The lowest BCUT2D eigenvalue weighted by Gasteiger charge is -2.38. The summed E-state index contributed by atoms with van der Waals surface area (Å²) in [4.78, 5) is 25.3. The molecule has 2 unspecified atom stereocenters. The number of amides is 2. The lowest BCUT2D eigenvalue weighted by Crippen LogP contribution is -2.55. The number of rotatable bonds is 6. The number of nitrogens with zero attached hydrogens (tertiary/aromatic N) is 1. The monoisotopic (exact) mass is 319 g/mol. The highest BCUT2D eigenvalue weighted by Gasteiger charge is 2.36. The van der Waals surface area contributed by atoms with Gasteiger partial charge in [-0.25, -0.2) is 0 Å². The highest BCUT2D eigenvalue weighted by atomic mass is 16.3. The summed E-state index contributed by atoms with van der Waals surface area (Å²) in [5.41, 5.74) is 6.36. The molecule has 0 saturated carbocycles. The second-order valence-electron chi connectivity index (χ2n) is 5.89. The summed E-state index contributed by atoms with van der Waals surface area (Å²) < 4.78 is 0. The minimum Gasteiger partial charge on any atom is -0.396 e. The summed E-state index contributed by atoms with van der Waals surface area (Å²) in [5.74, 6) is -1.16. The predicted octanol–water partition coefficient (Wildman–Crippen LogP) is -0.121. The summed E-state index contributed by atoms with van der Waals surface area (Å²) in [7, 11) is 0. The number of hydrogen-bond acceptors (Lipinski definition) is 4. The van der Waals surface area contributed by atoms with Crippen molar-refractivity contribution in [3.05, 3.63) is 42.3 Å². The van der Waals surface area contributed by atoms with E-state index in [9.17, 15) is 19.8 Å². The number of nitrogens with two attached hydrogens (primary N) is 1. The number of piperidine rings is 1. The molecular weight excluding hydrogens is 296 g/mol. The van der Waals surface area contributed by atoms with E-state index in [0.29, 0.717) is 25.8 Å². The van der Waals surface area contributed by atoms with E-state index in [2.05, 4.69) is 0 Å². The number of primary amides is 1. The van der Waals surface area contributed by atoms with Gasteiger partial charge in [0.1, 0.15) is 12.1 Å². The summed E-state index contributed by atoms with van der Waals surface area (Å²) >= 11 is 0. The van der Waals surface area contributed by atoms with Gasteiger partial charge in [-0.3, -0.25) is 9.59 Å². The van der Waals surface area contributed by atoms with Crippen LogP contribution in [0.5, 0.6) is 0 Å². The molecule has 125 valence electrons. The Morgan fingerprint density at radius 2 is 2.04 bits per heavy atom. The van der Waals surface area contributed by atoms with E-state index < -0.39 is 24.0 Å². The van der Waals surface area contributed by atoms with Gasteiger partial charge in [0.15, 0.2) is 0 Å². The normalized spacial score (nSPS) is 22.6. The van der Waals surface area contributed by atoms with Gasteiger partial charge in [0.2, 0.25) is 5.91 Å². The molecule has 1 heterocycles. The highest BCUT2D eigenvalue weighted by Crippen LogP contribution is 2.23. The Bertz CT molecular complexity index is 535. The van der Waals surface area contributed by atoms with Crippen LogP contribution in [0, 0.1) is 12.3 Å². The molecule has 0 bridgehead atoms.